The second kappa shape index (κ2) is 8.78. The maximum atomic E-state index is 11.8. The highest BCUT2D eigenvalue weighted by Gasteiger charge is 2.24. The Hall–Kier alpha value is -2.67. The zero-order valence-electron chi connectivity index (χ0n) is 17.2. The molecule has 154 valence electrons. The van der Waals surface area contributed by atoms with Crippen molar-refractivity contribution in [2.24, 2.45) is 0 Å². The number of fused-ring (bicyclic) bond motifs is 1. The molecule has 0 saturated carbocycles. The van der Waals surface area contributed by atoms with E-state index in [-0.39, 0.29) is 5.91 Å². The normalized spacial score (nSPS) is 17.3. The summed E-state index contributed by atoms with van der Waals surface area (Å²) in [4.78, 5) is 26.0. The lowest BCUT2D eigenvalue weighted by atomic mass is 10.1. The number of hydrogen-bond acceptors (Lipinski definition) is 6. The lowest BCUT2D eigenvalue weighted by Crippen LogP contribution is -2.34. The van der Waals surface area contributed by atoms with Crippen LogP contribution < -0.4 is 9.64 Å². The van der Waals surface area contributed by atoms with Crippen LogP contribution in [0.4, 0.5) is 5.82 Å². The molecule has 4 rings (SSSR count). The van der Waals surface area contributed by atoms with Gasteiger partial charge in [0, 0.05) is 57.1 Å². The van der Waals surface area contributed by atoms with Crippen LogP contribution in [0.5, 0.6) is 5.75 Å². The number of rotatable bonds is 3. The van der Waals surface area contributed by atoms with Crippen LogP contribution in [0.25, 0.3) is 11.4 Å². The average molecular weight is 396 g/mol. The highest BCUT2D eigenvalue weighted by atomic mass is 16.5. The van der Waals surface area contributed by atoms with Crippen LogP contribution in [0.3, 0.4) is 0 Å². The molecule has 1 aromatic heterocycles. The molecule has 0 unspecified atom stereocenters. The number of ether oxygens (including phenoxy) is 2. The summed E-state index contributed by atoms with van der Waals surface area (Å²) >= 11 is 0. The molecule has 0 bridgehead atoms. The van der Waals surface area contributed by atoms with E-state index in [1.807, 2.05) is 29.2 Å². The van der Waals surface area contributed by atoms with Gasteiger partial charge in [0.1, 0.15) is 11.6 Å². The number of methoxy groups -OCH3 is 1. The first kappa shape index (κ1) is 19.6. The van der Waals surface area contributed by atoms with E-state index in [0.717, 1.165) is 74.1 Å². The van der Waals surface area contributed by atoms with Gasteiger partial charge in [-0.1, -0.05) is 0 Å². The molecular weight excluding hydrogens is 368 g/mol. The maximum absolute atomic E-state index is 11.8. The Bertz CT molecular complexity index is 869. The minimum Gasteiger partial charge on any atom is -0.497 e. The molecule has 1 aromatic carbocycles. The third-order valence-corrected chi connectivity index (χ3v) is 5.64. The van der Waals surface area contributed by atoms with Crippen molar-refractivity contribution in [3.8, 4) is 17.1 Å². The fraction of sp³-hybridized carbons (Fsp3) is 0.500. The fourth-order valence-corrected chi connectivity index (χ4v) is 4.00. The van der Waals surface area contributed by atoms with E-state index in [0.29, 0.717) is 13.2 Å². The third kappa shape index (κ3) is 4.34. The van der Waals surface area contributed by atoms with Gasteiger partial charge in [-0.3, -0.25) is 4.79 Å². The van der Waals surface area contributed by atoms with E-state index in [4.69, 9.17) is 19.4 Å². The molecule has 1 saturated heterocycles. The zero-order chi connectivity index (χ0) is 20.2. The largest absolute Gasteiger partial charge is 0.497 e. The molecule has 7 heteroatoms. The summed E-state index contributed by atoms with van der Waals surface area (Å²) in [7, 11) is 1.66. The molecule has 0 spiro atoms. The van der Waals surface area contributed by atoms with Crippen LogP contribution >= 0.6 is 0 Å². The molecule has 0 aliphatic carbocycles. The predicted octanol–water partition coefficient (Wildman–Crippen LogP) is 2.33. The number of carbonyl (C=O) groups is 1. The summed E-state index contributed by atoms with van der Waals surface area (Å²) in [5.74, 6) is 2.68. The highest BCUT2D eigenvalue weighted by molar-refractivity contribution is 5.73. The summed E-state index contributed by atoms with van der Waals surface area (Å²) < 4.78 is 11.0. The molecule has 3 heterocycles. The van der Waals surface area contributed by atoms with Crippen molar-refractivity contribution < 1.29 is 14.3 Å². The topological polar surface area (TPSA) is 67.8 Å². The molecule has 0 N–H and O–H groups in total. The quantitative estimate of drug-likeness (QED) is 0.793. The first-order chi connectivity index (χ1) is 14.2. The average Bonchev–Trinajstić information content (AvgIpc) is 3.14. The van der Waals surface area contributed by atoms with Crippen LogP contribution in [0.1, 0.15) is 24.6 Å². The van der Waals surface area contributed by atoms with Crippen molar-refractivity contribution in [1.29, 1.82) is 0 Å². The number of amides is 1. The molecule has 2 aliphatic rings. The van der Waals surface area contributed by atoms with Crippen molar-refractivity contribution in [3.05, 3.63) is 35.5 Å². The minimum absolute atomic E-state index is 0.140. The van der Waals surface area contributed by atoms with Crippen LogP contribution in [0, 0.1) is 0 Å². The van der Waals surface area contributed by atoms with Gasteiger partial charge in [-0.25, -0.2) is 9.97 Å². The van der Waals surface area contributed by atoms with Crippen molar-refractivity contribution in [2.75, 3.05) is 51.4 Å². The molecule has 2 aliphatic heterocycles. The fourth-order valence-electron chi connectivity index (χ4n) is 4.00. The van der Waals surface area contributed by atoms with Gasteiger partial charge in [0.15, 0.2) is 5.82 Å². The summed E-state index contributed by atoms with van der Waals surface area (Å²) in [6.07, 6.45) is 2.55. The molecule has 1 fully saturated rings. The molecule has 2 aromatic rings. The zero-order valence-corrected chi connectivity index (χ0v) is 17.2. The second-order valence-electron chi connectivity index (χ2n) is 7.48. The van der Waals surface area contributed by atoms with Gasteiger partial charge in [0.2, 0.25) is 5.91 Å². The van der Waals surface area contributed by atoms with Gasteiger partial charge in [-0.15, -0.1) is 0 Å². The number of hydrogen-bond donors (Lipinski definition) is 0. The van der Waals surface area contributed by atoms with Crippen molar-refractivity contribution in [3.63, 3.8) is 0 Å². The number of aromatic nitrogens is 2. The molecule has 1 amide bonds. The first-order valence-electron chi connectivity index (χ1n) is 10.3. The van der Waals surface area contributed by atoms with Gasteiger partial charge in [0.05, 0.1) is 26.0 Å². The van der Waals surface area contributed by atoms with Crippen LogP contribution in [-0.4, -0.2) is 67.3 Å². The van der Waals surface area contributed by atoms with Crippen molar-refractivity contribution in [2.45, 2.75) is 26.2 Å². The number of carbonyl (C=O) groups excluding carboxylic acids is 1. The first-order valence-corrected chi connectivity index (χ1v) is 10.3. The lowest BCUT2D eigenvalue weighted by molar-refractivity contribution is -0.128. The Morgan fingerprint density at radius 1 is 1.03 bits per heavy atom. The Kier molecular flexibility index (Phi) is 5.94. The summed E-state index contributed by atoms with van der Waals surface area (Å²) in [5, 5.41) is 0. The highest BCUT2D eigenvalue weighted by Crippen LogP contribution is 2.29. The summed E-state index contributed by atoms with van der Waals surface area (Å²) in [6.45, 7) is 6.21. The van der Waals surface area contributed by atoms with E-state index < -0.39 is 0 Å². The van der Waals surface area contributed by atoms with E-state index >= 15 is 0 Å². The third-order valence-electron chi connectivity index (χ3n) is 5.64. The van der Waals surface area contributed by atoms with Gasteiger partial charge >= 0.3 is 0 Å². The van der Waals surface area contributed by atoms with E-state index in [9.17, 15) is 4.79 Å². The Morgan fingerprint density at radius 2 is 1.83 bits per heavy atom. The molecule has 29 heavy (non-hydrogen) atoms. The van der Waals surface area contributed by atoms with Crippen LogP contribution in [-0.2, 0) is 22.4 Å². The van der Waals surface area contributed by atoms with E-state index in [1.165, 1.54) is 5.56 Å². The predicted molar refractivity (Wildman–Crippen MR) is 111 cm³/mol. The monoisotopic (exact) mass is 396 g/mol. The summed E-state index contributed by atoms with van der Waals surface area (Å²) in [5.41, 5.74) is 3.24. The SMILES string of the molecule is COc1ccc(-c2nc3c(c(N4CCCN(C(C)=O)CC4)n2)CCOCC3)cc1. The van der Waals surface area contributed by atoms with E-state index in [1.54, 1.807) is 14.0 Å². The molecule has 7 nitrogen and oxygen atoms in total. The Balaban J connectivity index is 1.71. The van der Waals surface area contributed by atoms with Crippen LogP contribution in [0.15, 0.2) is 24.3 Å². The van der Waals surface area contributed by atoms with Crippen molar-refractivity contribution >= 4 is 11.7 Å². The standard InChI is InChI=1S/C22H28N4O3/c1-16(27)25-10-3-11-26(13-12-25)22-19-8-14-29-15-9-20(19)23-21(24-22)17-4-6-18(28-2)7-5-17/h4-7H,3,8-15H2,1-2H3. The lowest BCUT2D eigenvalue weighted by Gasteiger charge is -2.26. The van der Waals surface area contributed by atoms with E-state index in [2.05, 4.69) is 4.90 Å². The van der Waals surface area contributed by atoms with Gasteiger partial charge in [0.25, 0.3) is 0 Å². The molecular formula is C22H28N4O3. The number of anilines is 1. The number of benzene rings is 1. The smallest absolute Gasteiger partial charge is 0.219 e. The van der Waals surface area contributed by atoms with Gasteiger partial charge < -0.3 is 19.3 Å². The minimum atomic E-state index is 0.140. The van der Waals surface area contributed by atoms with Crippen molar-refractivity contribution in [1.82, 2.24) is 14.9 Å². The maximum Gasteiger partial charge on any atom is 0.219 e. The summed E-state index contributed by atoms with van der Waals surface area (Å²) in [6, 6.07) is 7.86. The van der Waals surface area contributed by atoms with Gasteiger partial charge in [-0.2, -0.15) is 0 Å². The van der Waals surface area contributed by atoms with Gasteiger partial charge in [-0.05, 0) is 30.7 Å². The Labute approximate surface area is 171 Å². The van der Waals surface area contributed by atoms with Crippen LogP contribution in [0.2, 0.25) is 0 Å². The number of nitrogens with zero attached hydrogens (tertiary/aromatic N) is 4. The second-order valence-corrected chi connectivity index (χ2v) is 7.48. The Morgan fingerprint density at radius 3 is 2.59 bits per heavy atom. The molecule has 0 atom stereocenters. The molecule has 0 radical (unpaired) electrons.